The maximum Gasteiger partial charge on any atom is 0.119 e. The molecule has 0 amide bonds. The topological polar surface area (TPSA) is 21.3 Å². The minimum Gasteiger partial charge on any atom is -0.497 e. The Labute approximate surface area is 91.6 Å². The molecule has 1 atom stereocenters. The lowest BCUT2D eigenvalue weighted by molar-refractivity contribution is 0.396. The Balaban J connectivity index is 1.96. The quantitative estimate of drug-likeness (QED) is 0.818. The minimum absolute atomic E-state index is 0.658. The Hall–Kier alpha value is -1.02. The van der Waals surface area contributed by atoms with Crippen molar-refractivity contribution in [3.8, 4) is 5.75 Å². The van der Waals surface area contributed by atoms with E-state index in [1.807, 2.05) is 6.07 Å². The molecular formula is C13H19NO. The van der Waals surface area contributed by atoms with Crippen molar-refractivity contribution in [2.24, 2.45) is 0 Å². The third kappa shape index (κ3) is 2.96. The van der Waals surface area contributed by atoms with Gasteiger partial charge in [0.2, 0.25) is 0 Å². The first kappa shape index (κ1) is 10.5. The first-order valence-electron chi connectivity index (χ1n) is 5.75. The van der Waals surface area contributed by atoms with Gasteiger partial charge in [-0.25, -0.2) is 0 Å². The Morgan fingerprint density at radius 2 is 2.33 bits per heavy atom. The normalized spacial score (nSPS) is 21.3. The van der Waals surface area contributed by atoms with Gasteiger partial charge in [-0.3, -0.25) is 0 Å². The molecule has 1 aliphatic heterocycles. The molecule has 0 radical (unpaired) electrons. The van der Waals surface area contributed by atoms with Crippen LogP contribution in [0.1, 0.15) is 24.8 Å². The largest absolute Gasteiger partial charge is 0.497 e. The summed E-state index contributed by atoms with van der Waals surface area (Å²) in [7, 11) is 1.72. The molecule has 2 nitrogen and oxygen atoms in total. The number of methoxy groups -OCH3 is 1. The van der Waals surface area contributed by atoms with Crippen LogP contribution in [0.25, 0.3) is 0 Å². The number of hydrogen-bond acceptors (Lipinski definition) is 2. The lowest BCUT2D eigenvalue weighted by atomic mass is 9.98. The molecule has 0 aromatic heterocycles. The summed E-state index contributed by atoms with van der Waals surface area (Å²) >= 11 is 0. The first-order valence-corrected chi connectivity index (χ1v) is 5.75. The summed E-state index contributed by atoms with van der Waals surface area (Å²) in [6, 6.07) is 9.04. The molecule has 1 N–H and O–H groups in total. The van der Waals surface area contributed by atoms with E-state index in [1.165, 1.54) is 31.4 Å². The second kappa shape index (κ2) is 5.17. The Morgan fingerprint density at radius 3 is 3.07 bits per heavy atom. The van der Waals surface area contributed by atoms with Crippen LogP contribution in [0.3, 0.4) is 0 Å². The molecular weight excluding hydrogens is 186 g/mol. The zero-order chi connectivity index (χ0) is 10.5. The van der Waals surface area contributed by atoms with E-state index in [2.05, 4.69) is 23.5 Å². The van der Waals surface area contributed by atoms with Crippen molar-refractivity contribution in [2.45, 2.75) is 31.7 Å². The summed E-state index contributed by atoms with van der Waals surface area (Å²) in [6.45, 7) is 1.18. The van der Waals surface area contributed by atoms with Gasteiger partial charge in [0, 0.05) is 6.04 Å². The Kier molecular flexibility index (Phi) is 3.62. The zero-order valence-electron chi connectivity index (χ0n) is 9.33. The highest BCUT2D eigenvalue weighted by atomic mass is 16.5. The van der Waals surface area contributed by atoms with Crippen LogP contribution < -0.4 is 10.1 Å². The number of benzene rings is 1. The molecule has 0 aliphatic carbocycles. The van der Waals surface area contributed by atoms with Gasteiger partial charge in [-0.2, -0.15) is 0 Å². The highest BCUT2D eigenvalue weighted by Crippen LogP contribution is 2.17. The van der Waals surface area contributed by atoms with E-state index in [-0.39, 0.29) is 0 Å². The SMILES string of the molecule is COc1cccc(C[C@@H]2CCCCN2)c1. The fraction of sp³-hybridized carbons (Fsp3) is 0.538. The molecule has 1 heterocycles. The van der Waals surface area contributed by atoms with Gasteiger partial charge >= 0.3 is 0 Å². The molecule has 2 rings (SSSR count). The van der Waals surface area contributed by atoms with Gasteiger partial charge in [-0.1, -0.05) is 18.6 Å². The van der Waals surface area contributed by atoms with Crippen molar-refractivity contribution in [3.05, 3.63) is 29.8 Å². The Morgan fingerprint density at radius 1 is 1.40 bits per heavy atom. The molecule has 0 bridgehead atoms. The van der Waals surface area contributed by atoms with Crippen molar-refractivity contribution in [3.63, 3.8) is 0 Å². The van der Waals surface area contributed by atoms with E-state index >= 15 is 0 Å². The summed E-state index contributed by atoms with van der Waals surface area (Å²) < 4.78 is 5.22. The summed E-state index contributed by atoms with van der Waals surface area (Å²) in [4.78, 5) is 0. The predicted molar refractivity (Wildman–Crippen MR) is 62.3 cm³/mol. The molecule has 2 heteroatoms. The molecule has 1 aliphatic rings. The highest BCUT2D eigenvalue weighted by molar-refractivity contribution is 5.28. The average Bonchev–Trinajstić information content (AvgIpc) is 2.31. The molecule has 1 fully saturated rings. The van der Waals surface area contributed by atoms with E-state index in [9.17, 15) is 0 Å². The van der Waals surface area contributed by atoms with Gasteiger partial charge in [0.15, 0.2) is 0 Å². The lowest BCUT2D eigenvalue weighted by Crippen LogP contribution is -2.35. The van der Waals surface area contributed by atoms with Gasteiger partial charge in [0.25, 0.3) is 0 Å². The maximum absolute atomic E-state index is 5.22. The number of ether oxygens (including phenoxy) is 1. The fourth-order valence-electron chi connectivity index (χ4n) is 2.18. The molecule has 1 saturated heterocycles. The molecule has 0 unspecified atom stereocenters. The van der Waals surface area contributed by atoms with Gasteiger partial charge in [0.05, 0.1) is 7.11 Å². The molecule has 0 saturated carbocycles. The molecule has 82 valence electrons. The first-order chi connectivity index (χ1) is 7.38. The predicted octanol–water partition coefficient (Wildman–Crippen LogP) is 2.38. The molecule has 1 aromatic rings. The van der Waals surface area contributed by atoms with E-state index in [4.69, 9.17) is 4.74 Å². The van der Waals surface area contributed by atoms with Crippen molar-refractivity contribution in [1.29, 1.82) is 0 Å². The molecule has 1 aromatic carbocycles. The zero-order valence-corrected chi connectivity index (χ0v) is 9.33. The van der Waals surface area contributed by atoms with Crippen LogP contribution in [0, 0.1) is 0 Å². The van der Waals surface area contributed by atoms with Gasteiger partial charge in [-0.05, 0) is 43.5 Å². The van der Waals surface area contributed by atoms with Crippen LogP contribution in [0.15, 0.2) is 24.3 Å². The molecule has 0 spiro atoms. The van der Waals surface area contributed by atoms with Gasteiger partial charge in [-0.15, -0.1) is 0 Å². The van der Waals surface area contributed by atoms with E-state index in [0.717, 1.165) is 12.2 Å². The second-order valence-corrected chi connectivity index (χ2v) is 4.20. The van der Waals surface area contributed by atoms with E-state index in [0.29, 0.717) is 6.04 Å². The minimum atomic E-state index is 0.658. The summed E-state index contributed by atoms with van der Waals surface area (Å²) in [5.74, 6) is 0.961. The van der Waals surface area contributed by atoms with Crippen LogP contribution in [-0.2, 0) is 6.42 Å². The van der Waals surface area contributed by atoms with Crippen LogP contribution >= 0.6 is 0 Å². The number of piperidine rings is 1. The van der Waals surface area contributed by atoms with Crippen LogP contribution in [0.5, 0.6) is 5.75 Å². The standard InChI is InChI=1S/C13H19NO/c1-15-13-7-4-5-11(10-13)9-12-6-2-3-8-14-12/h4-5,7,10,12,14H,2-3,6,8-9H2,1H3/t12-/m0/s1. The summed E-state index contributed by atoms with van der Waals surface area (Å²) in [5.41, 5.74) is 1.37. The summed E-state index contributed by atoms with van der Waals surface area (Å²) in [6.07, 6.45) is 5.12. The third-order valence-corrected chi connectivity index (χ3v) is 3.03. The lowest BCUT2D eigenvalue weighted by Gasteiger charge is -2.23. The van der Waals surface area contributed by atoms with Crippen molar-refractivity contribution in [1.82, 2.24) is 5.32 Å². The van der Waals surface area contributed by atoms with E-state index in [1.54, 1.807) is 7.11 Å². The van der Waals surface area contributed by atoms with Crippen molar-refractivity contribution in [2.75, 3.05) is 13.7 Å². The van der Waals surface area contributed by atoms with Crippen molar-refractivity contribution < 1.29 is 4.74 Å². The maximum atomic E-state index is 5.22. The van der Waals surface area contributed by atoms with Gasteiger partial charge in [0.1, 0.15) is 5.75 Å². The average molecular weight is 205 g/mol. The van der Waals surface area contributed by atoms with Crippen molar-refractivity contribution >= 4 is 0 Å². The fourth-order valence-corrected chi connectivity index (χ4v) is 2.18. The number of rotatable bonds is 3. The third-order valence-electron chi connectivity index (χ3n) is 3.03. The number of hydrogen-bond donors (Lipinski definition) is 1. The smallest absolute Gasteiger partial charge is 0.119 e. The van der Waals surface area contributed by atoms with Crippen LogP contribution in [0.4, 0.5) is 0 Å². The number of nitrogens with one attached hydrogen (secondary N) is 1. The van der Waals surface area contributed by atoms with Crippen LogP contribution in [0.2, 0.25) is 0 Å². The second-order valence-electron chi connectivity index (χ2n) is 4.20. The van der Waals surface area contributed by atoms with Crippen LogP contribution in [-0.4, -0.2) is 19.7 Å². The monoisotopic (exact) mass is 205 g/mol. The van der Waals surface area contributed by atoms with E-state index < -0.39 is 0 Å². The highest BCUT2D eigenvalue weighted by Gasteiger charge is 2.12. The summed E-state index contributed by atoms with van der Waals surface area (Å²) in [5, 5.41) is 3.56. The Bertz CT molecular complexity index is 305. The molecule has 15 heavy (non-hydrogen) atoms. The van der Waals surface area contributed by atoms with Gasteiger partial charge < -0.3 is 10.1 Å².